The zero-order valence-corrected chi connectivity index (χ0v) is 27.4. The van der Waals surface area contributed by atoms with Crippen LogP contribution in [0.5, 0.6) is 0 Å². The van der Waals surface area contributed by atoms with Crippen LogP contribution in [-0.2, 0) is 5.41 Å². The van der Waals surface area contributed by atoms with Crippen LogP contribution in [0.15, 0.2) is 164 Å². The van der Waals surface area contributed by atoms with Crippen molar-refractivity contribution in [1.82, 2.24) is 15.0 Å². The first-order valence-electron chi connectivity index (χ1n) is 17.1. The molecule has 0 saturated carbocycles. The van der Waals surface area contributed by atoms with Gasteiger partial charge in [-0.3, -0.25) is 0 Å². The van der Waals surface area contributed by atoms with Crippen LogP contribution in [0, 0.1) is 0 Å². The molecular weight excluding hydrogens is 595 g/mol. The predicted octanol–water partition coefficient (Wildman–Crippen LogP) is 11.3. The molecule has 2 atom stereocenters. The van der Waals surface area contributed by atoms with Gasteiger partial charge < -0.3 is 0 Å². The molecule has 0 radical (unpaired) electrons. The highest BCUT2D eigenvalue weighted by atomic mass is 15.0. The van der Waals surface area contributed by atoms with Crippen molar-refractivity contribution >= 4 is 11.1 Å². The zero-order chi connectivity index (χ0) is 32.8. The molecule has 0 N–H and O–H groups in total. The second-order valence-corrected chi connectivity index (χ2v) is 13.4. The molecule has 49 heavy (non-hydrogen) atoms. The normalized spacial score (nSPS) is 18.9. The van der Waals surface area contributed by atoms with Gasteiger partial charge in [0.2, 0.25) is 0 Å². The van der Waals surface area contributed by atoms with Crippen LogP contribution >= 0.6 is 0 Å². The highest BCUT2D eigenvalue weighted by Gasteiger charge is 2.40. The highest BCUT2D eigenvalue weighted by Crippen LogP contribution is 2.54. The Hall–Kier alpha value is -5.93. The number of rotatable bonds is 5. The van der Waals surface area contributed by atoms with Gasteiger partial charge in [0.05, 0.1) is 0 Å². The third-order valence-electron chi connectivity index (χ3n) is 10.4. The van der Waals surface area contributed by atoms with Gasteiger partial charge in [-0.1, -0.05) is 146 Å². The summed E-state index contributed by atoms with van der Waals surface area (Å²) in [6, 6.07) is 43.7. The minimum atomic E-state index is -0.0800. The van der Waals surface area contributed by atoms with E-state index in [9.17, 15) is 0 Å². The van der Waals surface area contributed by atoms with Crippen LogP contribution in [-0.4, -0.2) is 15.0 Å². The van der Waals surface area contributed by atoms with Crippen LogP contribution < -0.4 is 0 Å². The second-order valence-electron chi connectivity index (χ2n) is 13.4. The Morgan fingerprint density at radius 2 is 1.29 bits per heavy atom. The number of fused-ring (bicyclic) bond motifs is 6. The van der Waals surface area contributed by atoms with Gasteiger partial charge in [0.15, 0.2) is 11.6 Å². The Bertz CT molecular complexity index is 2370. The number of aromatic nitrogens is 3. The maximum Gasteiger partial charge on any atom is 0.163 e. The Labute approximate surface area is 287 Å². The third kappa shape index (κ3) is 5.10. The van der Waals surface area contributed by atoms with E-state index in [1.54, 1.807) is 6.33 Å². The lowest BCUT2D eigenvalue weighted by atomic mass is 9.61. The van der Waals surface area contributed by atoms with E-state index < -0.39 is 0 Å². The highest BCUT2D eigenvalue weighted by molar-refractivity contribution is 6.00. The van der Waals surface area contributed by atoms with Gasteiger partial charge in [-0.05, 0) is 86.7 Å². The first kappa shape index (κ1) is 29.2. The van der Waals surface area contributed by atoms with Gasteiger partial charge in [0.25, 0.3) is 0 Å². The standard InChI is InChI=1S/C46H35N3/c1-46-26-25-34(29-43(46)41-23-8-7-21-39(41)40-22-9-10-24-42(40)46)38-20-6-5-19-37(38)33-16-12-18-36(28-33)45-48-30-47-44(49-45)35-17-11-15-32(27-35)31-13-3-2-4-14-31/h2-13,15-25,27-31H,14,26H2,1H3. The summed E-state index contributed by atoms with van der Waals surface area (Å²) in [4.78, 5) is 14.2. The van der Waals surface area contributed by atoms with E-state index in [1.165, 1.54) is 50.1 Å². The summed E-state index contributed by atoms with van der Waals surface area (Å²) < 4.78 is 0. The van der Waals surface area contributed by atoms with E-state index >= 15 is 0 Å². The van der Waals surface area contributed by atoms with E-state index in [-0.39, 0.29) is 5.41 Å². The fourth-order valence-corrected chi connectivity index (χ4v) is 7.89. The molecule has 9 rings (SSSR count). The van der Waals surface area contributed by atoms with E-state index in [1.807, 2.05) is 0 Å². The molecule has 0 saturated heterocycles. The van der Waals surface area contributed by atoms with Crippen molar-refractivity contribution in [3.63, 3.8) is 0 Å². The lowest BCUT2D eigenvalue weighted by Crippen LogP contribution is -2.29. The van der Waals surface area contributed by atoms with Gasteiger partial charge in [0.1, 0.15) is 6.33 Å². The van der Waals surface area contributed by atoms with Gasteiger partial charge in [-0.2, -0.15) is 0 Å². The molecule has 0 spiro atoms. The molecule has 0 fully saturated rings. The Morgan fingerprint density at radius 3 is 2.08 bits per heavy atom. The molecule has 5 aromatic carbocycles. The molecule has 6 aromatic rings. The van der Waals surface area contributed by atoms with E-state index in [2.05, 4.69) is 175 Å². The summed E-state index contributed by atoms with van der Waals surface area (Å²) in [5.41, 5.74) is 14.8. The molecule has 0 amide bonds. The Morgan fingerprint density at radius 1 is 0.612 bits per heavy atom. The molecule has 3 aliphatic carbocycles. The minimum Gasteiger partial charge on any atom is -0.217 e. The quantitative estimate of drug-likeness (QED) is 0.190. The fourth-order valence-electron chi connectivity index (χ4n) is 7.89. The number of allylic oxidation sites excluding steroid dienone is 8. The largest absolute Gasteiger partial charge is 0.217 e. The molecule has 2 unspecified atom stereocenters. The van der Waals surface area contributed by atoms with E-state index in [0.717, 1.165) is 29.5 Å². The van der Waals surface area contributed by atoms with Crippen LogP contribution in [0.4, 0.5) is 0 Å². The Balaban J connectivity index is 1.07. The molecule has 1 heterocycles. The van der Waals surface area contributed by atoms with Gasteiger partial charge in [-0.25, -0.2) is 15.0 Å². The summed E-state index contributed by atoms with van der Waals surface area (Å²) in [5.74, 6) is 1.72. The second kappa shape index (κ2) is 11.9. The molecule has 3 aliphatic rings. The molecule has 3 nitrogen and oxygen atoms in total. The average Bonchev–Trinajstić information content (AvgIpc) is 3.18. The number of benzene rings is 5. The molecule has 3 heteroatoms. The summed E-state index contributed by atoms with van der Waals surface area (Å²) in [6.07, 6.45) is 17.2. The molecular formula is C46H35N3. The van der Waals surface area contributed by atoms with Crippen molar-refractivity contribution in [3.05, 3.63) is 186 Å². The van der Waals surface area contributed by atoms with Crippen LogP contribution in [0.2, 0.25) is 0 Å². The van der Waals surface area contributed by atoms with Gasteiger partial charge in [-0.15, -0.1) is 0 Å². The van der Waals surface area contributed by atoms with Crippen molar-refractivity contribution in [2.45, 2.75) is 31.1 Å². The lowest BCUT2D eigenvalue weighted by Gasteiger charge is -2.41. The Kier molecular flexibility index (Phi) is 7.13. The van der Waals surface area contributed by atoms with E-state index in [0.29, 0.717) is 17.6 Å². The number of nitrogens with zero attached hydrogens (tertiary/aromatic N) is 3. The van der Waals surface area contributed by atoms with E-state index in [4.69, 9.17) is 4.98 Å². The minimum absolute atomic E-state index is 0.0800. The molecule has 1 aromatic heterocycles. The monoisotopic (exact) mass is 629 g/mol. The lowest BCUT2D eigenvalue weighted by molar-refractivity contribution is 0.619. The smallest absolute Gasteiger partial charge is 0.163 e. The van der Waals surface area contributed by atoms with Crippen molar-refractivity contribution in [1.29, 1.82) is 0 Å². The van der Waals surface area contributed by atoms with Crippen LogP contribution in [0.1, 0.15) is 47.9 Å². The average molecular weight is 630 g/mol. The maximum absolute atomic E-state index is 4.96. The summed E-state index contributed by atoms with van der Waals surface area (Å²) >= 11 is 0. The zero-order valence-electron chi connectivity index (χ0n) is 27.4. The summed E-state index contributed by atoms with van der Waals surface area (Å²) in [6.45, 7) is 2.40. The predicted molar refractivity (Wildman–Crippen MR) is 202 cm³/mol. The topological polar surface area (TPSA) is 38.7 Å². The first-order valence-corrected chi connectivity index (χ1v) is 17.1. The molecule has 0 aliphatic heterocycles. The van der Waals surface area contributed by atoms with Crippen molar-refractivity contribution in [2.75, 3.05) is 0 Å². The number of hydrogen-bond donors (Lipinski definition) is 0. The molecule has 234 valence electrons. The third-order valence-corrected chi connectivity index (χ3v) is 10.4. The number of hydrogen-bond acceptors (Lipinski definition) is 3. The molecule has 0 bridgehead atoms. The summed E-state index contributed by atoms with van der Waals surface area (Å²) in [7, 11) is 0. The van der Waals surface area contributed by atoms with Crippen LogP contribution in [0.25, 0.3) is 56.2 Å². The van der Waals surface area contributed by atoms with Gasteiger partial charge in [0, 0.05) is 22.5 Å². The van der Waals surface area contributed by atoms with Crippen molar-refractivity contribution in [2.24, 2.45) is 0 Å². The van der Waals surface area contributed by atoms with Crippen molar-refractivity contribution < 1.29 is 0 Å². The maximum atomic E-state index is 4.96. The first-order chi connectivity index (χ1) is 24.2. The van der Waals surface area contributed by atoms with Crippen LogP contribution in [0.3, 0.4) is 0 Å². The SMILES string of the molecule is CC12CC=C(c3ccccc3-c3cccc(-c4ncnc(-c5cccc(C6C=CC=CC6)c5)n4)c3)C=C1c1ccccc1-c1ccccc12. The van der Waals surface area contributed by atoms with Crippen molar-refractivity contribution in [3.8, 4) is 45.0 Å². The van der Waals surface area contributed by atoms with Gasteiger partial charge >= 0.3 is 0 Å². The fraction of sp³-hybridized carbons (Fsp3) is 0.109. The summed E-state index contributed by atoms with van der Waals surface area (Å²) in [5, 5.41) is 0.